The van der Waals surface area contributed by atoms with Gasteiger partial charge in [-0.25, -0.2) is 0 Å². The van der Waals surface area contributed by atoms with Gasteiger partial charge >= 0.3 is 7.12 Å². The van der Waals surface area contributed by atoms with E-state index in [-0.39, 0.29) is 18.3 Å². The number of hydrogen-bond donors (Lipinski definition) is 0. The molecule has 0 N–H and O–H groups in total. The van der Waals surface area contributed by atoms with E-state index in [1.807, 2.05) is 0 Å². The second-order valence-electron chi connectivity index (χ2n) is 6.06. The molecule has 0 aromatic carbocycles. The molecule has 2 unspecified atom stereocenters. The SMILES string of the molecule is COCOCC1CC1B1OC(C)(C)C(C)(C)O1. The van der Waals surface area contributed by atoms with Gasteiger partial charge in [-0.3, -0.25) is 0 Å². The second-order valence-corrected chi connectivity index (χ2v) is 6.06. The van der Waals surface area contributed by atoms with Crippen LogP contribution in [-0.4, -0.2) is 38.8 Å². The maximum Gasteiger partial charge on any atom is 0.461 e. The number of rotatable bonds is 5. The highest BCUT2D eigenvalue weighted by Gasteiger charge is 2.59. The average Bonchev–Trinajstić information content (AvgIpc) is 2.91. The molecule has 2 atom stereocenters. The first-order chi connectivity index (χ1) is 7.87. The number of methoxy groups -OCH3 is 1. The molecule has 1 aliphatic heterocycles. The van der Waals surface area contributed by atoms with Crippen molar-refractivity contribution in [3.8, 4) is 0 Å². The van der Waals surface area contributed by atoms with Crippen molar-refractivity contribution in [1.82, 2.24) is 0 Å². The summed E-state index contributed by atoms with van der Waals surface area (Å²) in [7, 11) is 1.56. The average molecular weight is 242 g/mol. The minimum Gasteiger partial charge on any atom is -0.403 e. The zero-order chi connectivity index (χ0) is 12.7. The minimum atomic E-state index is -0.224. The van der Waals surface area contributed by atoms with Crippen LogP contribution in [0.2, 0.25) is 5.82 Å². The Kier molecular flexibility index (Phi) is 3.56. The molecule has 0 aromatic heterocycles. The van der Waals surface area contributed by atoms with Gasteiger partial charge in [0.2, 0.25) is 0 Å². The fourth-order valence-corrected chi connectivity index (χ4v) is 2.14. The van der Waals surface area contributed by atoms with E-state index in [9.17, 15) is 0 Å². The molecule has 0 radical (unpaired) electrons. The Bertz CT molecular complexity index is 264. The summed E-state index contributed by atoms with van der Waals surface area (Å²) in [6.45, 7) is 9.46. The summed E-state index contributed by atoms with van der Waals surface area (Å²) >= 11 is 0. The van der Waals surface area contributed by atoms with Crippen LogP contribution in [0, 0.1) is 5.92 Å². The Labute approximate surface area is 104 Å². The first-order valence-electron chi connectivity index (χ1n) is 6.30. The van der Waals surface area contributed by atoms with E-state index in [4.69, 9.17) is 18.8 Å². The highest BCUT2D eigenvalue weighted by molar-refractivity contribution is 6.48. The van der Waals surface area contributed by atoms with Gasteiger partial charge in [-0.15, -0.1) is 0 Å². The molecule has 1 heterocycles. The van der Waals surface area contributed by atoms with Crippen molar-refractivity contribution in [2.45, 2.75) is 51.1 Å². The number of hydrogen-bond acceptors (Lipinski definition) is 4. The predicted molar refractivity (Wildman–Crippen MR) is 65.8 cm³/mol. The van der Waals surface area contributed by atoms with Crippen molar-refractivity contribution in [1.29, 1.82) is 0 Å². The van der Waals surface area contributed by atoms with Crippen LogP contribution < -0.4 is 0 Å². The molecule has 1 saturated carbocycles. The lowest BCUT2D eigenvalue weighted by Crippen LogP contribution is -2.41. The third kappa shape index (κ3) is 2.68. The van der Waals surface area contributed by atoms with Crippen LogP contribution in [0.5, 0.6) is 0 Å². The van der Waals surface area contributed by atoms with Gasteiger partial charge in [-0.05, 0) is 45.9 Å². The van der Waals surface area contributed by atoms with Crippen LogP contribution in [0.15, 0.2) is 0 Å². The standard InChI is InChI=1S/C12H23BO4/c1-11(2)12(3,4)17-13(16-11)10-6-9(10)7-15-8-14-5/h9-10H,6-8H2,1-5H3. The van der Waals surface area contributed by atoms with Gasteiger partial charge in [0.15, 0.2) is 0 Å². The maximum absolute atomic E-state index is 6.02. The Morgan fingerprint density at radius 1 is 1.18 bits per heavy atom. The Morgan fingerprint density at radius 2 is 1.76 bits per heavy atom. The van der Waals surface area contributed by atoms with Gasteiger partial charge in [0.05, 0.1) is 17.8 Å². The molecule has 98 valence electrons. The van der Waals surface area contributed by atoms with E-state index in [0.717, 1.165) is 13.0 Å². The summed E-state index contributed by atoms with van der Waals surface area (Å²) in [5, 5.41) is 0. The minimum absolute atomic E-state index is 0.0730. The molecule has 2 rings (SSSR count). The molecule has 1 saturated heterocycles. The van der Waals surface area contributed by atoms with Crippen LogP contribution in [0.3, 0.4) is 0 Å². The largest absolute Gasteiger partial charge is 0.461 e. The summed E-state index contributed by atoms with van der Waals surface area (Å²) < 4.78 is 22.3. The van der Waals surface area contributed by atoms with Gasteiger partial charge in [-0.1, -0.05) is 0 Å². The zero-order valence-corrected chi connectivity index (χ0v) is 11.5. The van der Waals surface area contributed by atoms with Crippen molar-refractivity contribution in [3.05, 3.63) is 0 Å². The Balaban J connectivity index is 1.79. The fourth-order valence-electron chi connectivity index (χ4n) is 2.14. The van der Waals surface area contributed by atoms with E-state index >= 15 is 0 Å². The fraction of sp³-hybridized carbons (Fsp3) is 1.00. The molecule has 2 fully saturated rings. The van der Waals surface area contributed by atoms with Gasteiger partial charge < -0.3 is 18.8 Å². The number of ether oxygens (including phenoxy) is 2. The highest BCUT2D eigenvalue weighted by atomic mass is 16.7. The topological polar surface area (TPSA) is 36.9 Å². The summed E-state index contributed by atoms with van der Waals surface area (Å²) in [5.74, 6) is 1.03. The lowest BCUT2D eigenvalue weighted by molar-refractivity contribution is -0.0345. The molecular weight excluding hydrogens is 219 g/mol. The van der Waals surface area contributed by atoms with Crippen molar-refractivity contribution < 1.29 is 18.8 Å². The molecule has 0 spiro atoms. The summed E-state index contributed by atoms with van der Waals surface area (Å²) in [6.07, 6.45) is 1.13. The molecule has 5 heteroatoms. The lowest BCUT2D eigenvalue weighted by atomic mass is 9.81. The normalized spacial score (nSPS) is 34.1. The Morgan fingerprint density at radius 3 is 2.29 bits per heavy atom. The van der Waals surface area contributed by atoms with Crippen LogP contribution in [0.25, 0.3) is 0 Å². The van der Waals surface area contributed by atoms with E-state index in [0.29, 0.717) is 18.5 Å². The smallest absolute Gasteiger partial charge is 0.403 e. The second kappa shape index (κ2) is 4.54. The molecule has 0 aromatic rings. The molecule has 1 aliphatic carbocycles. The van der Waals surface area contributed by atoms with E-state index in [1.165, 1.54) is 0 Å². The van der Waals surface area contributed by atoms with Crippen molar-refractivity contribution >= 4 is 7.12 Å². The van der Waals surface area contributed by atoms with Crippen molar-refractivity contribution in [2.24, 2.45) is 5.92 Å². The van der Waals surface area contributed by atoms with Crippen LogP contribution in [-0.2, 0) is 18.8 Å². The van der Waals surface area contributed by atoms with Crippen LogP contribution in [0.4, 0.5) is 0 Å². The van der Waals surface area contributed by atoms with Crippen molar-refractivity contribution in [3.63, 3.8) is 0 Å². The maximum atomic E-state index is 6.02. The van der Waals surface area contributed by atoms with E-state index in [1.54, 1.807) is 7.11 Å². The van der Waals surface area contributed by atoms with Gasteiger partial charge in [0, 0.05) is 7.11 Å². The monoisotopic (exact) mass is 242 g/mol. The highest BCUT2D eigenvalue weighted by Crippen LogP contribution is 2.53. The van der Waals surface area contributed by atoms with Gasteiger partial charge in [0.25, 0.3) is 0 Å². The first kappa shape index (κ1) is 13.3. The summed E-state index contributed by atoms with van der Waals surface area (Å²) in [5.41, 5.74) is -0.448. The van der Waals surface area contributed by atoms with E-state index in [2.05, 4.69) is 27.7 Å². The van der Waals surface area contributed by atoms with Crippen LogP contribution >= 0.6 is 0 Å². The Hall–Kier alpha value is -0.0951. The van der Waals surface area contributed by atoms with Crippen molar-refractivity contribution in [2.75, 3.05) is 20.5 Å². The summed E-state index contributed by atoms with van der Waals surface area (Å²) in [6, 6.07) is 0. The molecule has 17 heavy (non-hydrogen) atoms. The molecule has 2 aliphatic rings. The third-order valence-electron chi connectivity index (χ3n) is 4.13. The van der Waals surface area contributed by atoms with Gasteiger partial charge in [0.1, 0.15) is 6.79 Å². The predicted octanol–water partition coefficient (Wildman–Crippen LogP) is 2.09. The van der Waals surface area contributed by atoms with Crippen LogP contribution in [0.1, 0.15) is 34.1 Å². The molecule has 0 amide bonds. The van der Waals surface area contributed by atoms with Gasteiger partial charge in [-0.2, -0.15) is 0 Å². The molecular formula is C12H23BO4. The van der Waals surface area contributed by atoms with E-state index < -0.39 is 0 Å². The third-order valence-corrected chi connectivity index (χ3v) is 4.13. The quantitative estimate of drug-likeness (QED) is 0.420. The first-order valence-corrected chi connectivity index (χ1v) is 6.30. The zero-order valence-electron chi connectivity index (χ0n) is 11.5. The summed E-state index contributed by atoms with van der Waals surface area (Å²) in [4.78, 5) is 0. The molecule has 4 nitrogen and oxygen atoms in total. The molecule has 0 bridgehead atoms. The lowest BCUT2D eigenvalue weighted by Gasteiger charge is -2.32.